The lowest BCUT2D eigenvalue weighted by Gasteiger charge is -2.11. The summed E-state index contributed by atoms with van der Waals surface area (Å²) in [6, 6.07) is 3.86. The third kappa shape index (κ3) is 2.87. The highest BCUT2D eigenvalue weighted by atomic mass is 16.5. The molecule has 96 valence electrons. The van der Waals surface area contributed by atoms with Gasteiger partial charge in [-0.3, -0.25) is 4.79 Å². The fourth-order valence-corrected chi connectivity index (χ4v) is 1.96. The van der Waals surface area contributed by atoms with Gasteiger partial charge >= 0.3 is 0 Å². The van der Waals surface area contributed by atoms with Crippen LogP contribution in [0.2, 0.25) is 0 Å². The summed E-state index contributed by atoms with van der Waals surface area (Å²) < 4.78 is 6.96. The quantitative estimate of drug-likeness (QED) is 0.868. The molecule has 18 heavy (non-hydrogen) atoms. The summed E-state index contributed by atoms with van der Waals surface area (Å²) in [6.45, 7) is 2.97. The first-order valence-electron chi connectivity index (χ1n) is 6.04. The Morgan fingerprint density at radius 3 is 3.28 bits per heavy atom. The molecule has 1 fully saturated rings. The molecule has 0 aliphatic carbocycles. The molecule has 1 saturated heterocycles. The molecule has 2 rings (SSSR count). The normalized spacial score (nSPS) is 18.6. The predicted molar refractivity (Wildman–Crippen MR) is 64.8 cm³/mol. The van der Waals surface area contributed by atoms with Gasteiger partial charge < -0.3 is 10.1 Å². The summed E-state index contributed by atoms with van der Waals surface area (Å²) in [6.07, 6.45) is 1.69. The van der Waals surface area contributed by atoms with E-state index in [1.165, 1.54) is 0 Å². The number of ether oxygens (including phenoxy) is 1. The number of nitrogens with one attached hydrogen (secondary N) is 1. The van der Waals surface area contributed by atoms with Crippen LogP contribution in [0.5, 0.6) is 0 Å². The van der Waals surface area contributed by atoms with E-state index in [1.807, 2.05) is 6.92 Å². The SMILES string of the molecule is Cc1cc(NC(=O)[C@H]2CCCO2)n(CCC#N)n1. The molecule has 2 heterocycles. The second kappa shape index (κ2) is 5.65. The number of carbonyl (C=O) groups excluding carboxylic acids is 1. The number of hydrogen-bond acceptors (Lipinski definition) is 4. The molecule has 1 aromatic rings. The summed E-state index contributed by atoms with van der Waals surface area (Å²) in [5.41, 5.74) is 0.815. The van der Waals surface area contributed by atoms with E-state index in [9.17, 15) is 4.79 Å². The summed E-state index contributed by atoms with van der Waals surface area (Å²) in [4.78, 5) is 11.9. The van der Waals surface area contributed by atoms with Crippen LogP contribution in [0.25, 0.3) is 0 Å². The van der Waals surface area contributed by atoms with Gasteiger partial charge in [0.2, 0.25) is 0 Å². The van der Waals surface area contributed by atoms with Crippen LogP contribution in [0.1, 0.15) is 25.0 Å². The number of nitriles is 1. The van der Waals surface area contributed by atoms with Gasteiger partial charge in [-0.05, 0) is 19.8 Å². The number of carbonyl (C=O) groups is 1. The Kier molecular flexibility index (Phi) is 3.95. The van der Waals surface area contributed by atoms with Crippen molar-refractivity contribution < 1.29 is 9.53 Å². The molecular weight excluding hydrogens is 232 g/mol. The number of rotatable bonds is 4. The summed E-state index contributed by atoms with van der Waals surface area (Å²) in [5, 5.41) is 15.6. The average Bonchev–Trinajstić information content (AvgIpc) is 2.96. The molecule has 0 radical (unpaired) electrons. The van der Waals surface area contributed by atoms with Gasteiger partial charge in [-0.25, -0.2) is 4.68 Å². The Labute approximate surface area is 106 Å². The third-order valence-electron chi connectivity index (χ3n) is 2.81. The first-order chi connectivity index (χ1) is 8.70. The molecule has 1 aliphatic heterocycles. The fourth-order valence-electron chi connectivity index (χ4n) is 1.96. The molecule has 1 aliphatic rings. The van der Waals surface area contributed by atoms with Gasteiger partial charge in [-0.2, -0.15) is 10.4 Å². The zero-order chi connectivity index (χ0) is 13.0. The number of amides is 1. The van der Waals surface area contributed by atoms with Crippen molar-refractivity contribution in [1.82, 2.24) is 9.78 Å². The summed E-state index contributed by atoms with van der Waals surface area (Å²) >= 11 is 0. The van der Waals surface area contributed by atoms with Crippen molar-refractivity contribution in [3.05, 3.63) is 11.8 Å². The zero-order valence-corrected chi connectivity index (χ0v) is 10.3. The molecule has 1 amide bonds. The third-order valence-corrected chi connectivity index (χ3v) is 2.81. The Balaban J connectivity index is 2.03. The lowest BCUT2D eigenvalue weighted by Crippen LogP contribution is -2.28. The van der Waals surface area contributed by atoms with E-state index in [1.54, 1.807) is 10.7 Å². The molecule has 0 aromatic carbocycles. The average molecular weight is 248 g/mol. The molecular formula is C12H16N4O2. The van der Waals surface area contributed by atoms with Gasteiger partial charge in [-0.15, -0.1) is 0 Å². The van der Waals surface area contributed by atoms with Crippen LogP contribution in [0.4, 0.5) is 5.82 Å². The van der Waals surface area contributed by atoms with Crippen LogP contribution in [0, 0.1) is 18.3 Å². The van der Waals surface area contributed by atoms with Crippen molar-refractivity contribution in [2.24, 2.45) is 0 Å². The standard InChI is InChI=1S/C12H16N4O2/c1-9-8-11(16(15-9)6-3-5-13)14-12(17)10-4-2-7-18-10/h8,10H,2-4,6-7H2,1H3,(H,14,17)/t10-/m1/s1. The van der Waals surface area contributed by atoms with Gasteiger partial charge in [0.1, 0.15) is 11.9 Å². The molecule has 0 saturated carbocycles. The molecule has 0 unspecified atom stereocenters. The van der Waals surface area contributed by atoms with E-state index in [4.69, 9.17) is 10.00 Å². The highest BCUT2D eigenvalue weighted by molar-refractivity contribution is 5.93. The van der Waals surface area contributed by atoms with Crippen LogP contribution in [0.15, 0.2) is 6.07 Å². The number of hydrogen-bond donors (Lipinski definition) is 1. The monoisotopic (exact) mass is 248 g/mol. The van der Waals surface area contributed by atoms with Gasteiger partial charge in [0.15, 0.2) is 0 Å². The maximum Gasteiger partial charge on any atom is 0.254 e. The van der Waals surface area contributed by atoms with E-state index in [0.717, 1.165) is 18.5 Å². The van der Waals surface area contributed by atoms with Crippen molar-refractivity contribution in [3.8, 4) is 6.07 Å². The van der Waals surface area contributed by atoms with Crippen LogP contribution in [-0.2, 0) is 16.1 Å². The second-order valence-corrected chi connectivity index (χ2v) is 4.29. The minimum Gasteiger partial charge on any atom is -0.368 e. The first kappa shape index (κ1) is 12.6. The Morgan fingerprint density at radius 2 is 2.61 bits per heavy atom. The molecule has 0 bridgehead atoms. The molecule has 6 nitrogen and oxygen atoms in total. The minimum absolute atomic E-state index is 0.134. The molecule has 0 spiro atoms. The van der Waals surface area contributed by atoms with Gasteiger partial charge in [0.25, 0.3) is 5.91 Å². The molecule has 1 atom stereocenters. The first-order valence-corrected chi connectivity index (χ1v) is 6.04. The molecule has 6 heteroatoms. The molecule has 1 N–H and O–H groups in total. The van der Waals surface area contributed by atoms with Crippen LogP contribution in [0.3, 0.4) is 0 Å². The van der Waals surface area contributed by atoms with Crippen molar-refractivity contribution >= 4 is 11.7 Å². The van der Waals surface area contributed by atoms with Crippen molar-refractivity contribution in [2.75, 3.05) is 11.9 Å². The zero-order valence-electron chi connectivity index (χ0n) is 10.3. The minimum atomic E-state index is -0.357. The summed E-state index contributed by atoms with van der Waals surface area (Å²) in [5.74, 6) is 0.494. The second-order valence-electron chi connectivity index (χ2n) is 4.29. The van der Waals surface area contributed by atoms with Gasteiger partial charge in [-0.1, -0.05) is 0 Å². The fraction of sp³-hybridized carbons (Fsp3) is 0.583. The van der Waals surface area contributed by atoms with E-state index >= 15 is 0 Å². The Hall–Kier alpha value is -1.87. The van der Waals surface area contributed by atoms with Gasteiger partial charge in [0, 0.05) is 12.7 Å². The number of aryl methyl sites for hydroxylation is 2. The Bertz CT molecular complexity index is 469. The topological polar surface area (TPSA) is 79.9 Å². The summed E-state index contributed by atoms with van der Waals surface area (Å²) in [7, 11) is 0. The maximum atomic E-state index is 11.9. The van der Waals surface area contributed by atoms with Crippen LogP contribution >= 0.6 is 0 Å². The van der Waals surface area contributed by atoms with E-state index in [0.29, 0.717) is 25.4 Å². The van der Waals surface area contributed by atoms with E-state index in [2.05, 4.69) is 16.5 Å². The largest absolute Gasteiger partial charge is 0.368 e. The van der Waals surface area contributed by atoms with Crippen molar-refractivity contribution in [3.63, 3.8) is 0 Å². The molecule has 1 aromatic heterocycles. The predicted octanol–water partition coefficient (Wildman–Crippen LogP) is 1.22. The number of nitrogens with zero attached hydrogens (tertiary/aromatic N) is 3. The highest BCUT2D eigenvalue weighted by Gasteiger charge is 2.24. The van der Waals surface area contributed by atoms with Gasteiger partial charge in [0.05, 0.1) is 24.7 Å². The Morgan fingerprint density at radius 1 is 1.78 bits per heavy atom. The van der Waals surface area contributed by atoms with Crippen molar-refractivity contribution in [1.29, 1.82) is 5.26 Å². The number of aromatic nitrogens is 2. The van der Waals surface area contributed by atoms with Crippen LogP contribution in [-0.4, -0.2) is 28.4 Å². The van der Waals surface area contributed by atoms with Crippen LogP contribution < -0.4 is 5.32 Å². The smallest absolute Gasteiger partial charge is 0.254 e. The van der Waals surface area contributed by atoms with E-state index < -0.39 is 0 Å². The van der Waals surface area contributed by atoms with Crippen molar-refractivity contribution in [2.45, 2.75) is 38.8 Å². The lowest BCUT2D eigenvalue weighted by molar-refractivity contribution is -0.124. The van der Waals surface area contributed by atoms with E-state index in [-0.39, 0.29) is 12.0 Å². The maximum absolute atomic E-state index is 11.9. The highest BCUT2D eigenvalue weighted by Crippen LogP contribution is 2.16. The number of anilines is 1. The lowest BCUT2D eigenvalue weighted by atomic mass is 10.2.